The molecule has 0 bridgehead atoms. The molecule has 0 radical (unpaired) electrons. The van der Waals surface area contributed by atoms with Gasteiger partial charge in [0.1, 0.15) is 5.92 Å². The van der Waals surface area contributed by atoms with Gasteiger partial charge in [-0.3, -0.25) is 9.59 Å². The Morgan fingerprint density at radius 2 is 1.72 bits per heavy atom. The number of carbonyl (C=O) groups excluding carboxylic acids is 1. The number of carboxylic acids is 1. The Morgan fingerprint density at radius 1 is 1.17 bits per heavy atom. The molecule has 1 aromatic carbocycles. The minimum atomic E-state index is -1.10. The summed E-state index contributed by atoms with van der Waals surface area (Å²) in [6.45, 7) is 7.34. The van der Waals surface area contributed by atoms with E-state index in [1.165, 1.54) is 11.8 Å². The number of anilines is 1. The highest BCUT2D eigenvalue weighted by molar-refractivity contribution is 6.05. The molecule has 0 fully saturated rings. The van der Waals surface area contributed by atoms with Gasteiger partial charge in [-0.1, -0.05) is 6.07 Å². The standard InChI is InChI=1S/C14H19NO3/c1-8-6-7-12(10(3)9(8)2)15(5)13(16)11(4)14(17)18/h6-7,11H,1-5H3,(H,17,18). The summed E-state index contributed by atoms with van der Waals surface area (Å²) in [6, 6.07) is 3.79. The molecule has 1 unspecified atom stereocenters. The van der Waals surface area contributed by atoms with Crippen LogP contribution in [0.15, 0.2) is 12.1 Å². The highest BCUT2D eigenvalue weighted by atomic mass is 16.4. The molecule has 0 saturated carbocycles. The molecule has 4 nitrogen and oxygen atoms in total. The van der Waals surface area contributed by atoms with Crippen molar-refractivity contribution in [2.75, 3.05) is 11.9 Å². The molecule has 0 saturated heterocycles. The van der Waals surface area contributed by atoms with Gasteiger partial charge in [-0.15, -0.1) is 0 Å². The van der Waals surface area contributed by atoms with E-state index < -0.39 is 17.8 Å². The van der Waals surface area contributed by atoms with Crippen molar-refractivity contribution in [2.45, 2.75) is 27.7 Å². The third kappa shape index (κ3) is 2.53. The Balaban J connectivity index is 3.12. The van der Waals surface area contributed by atoms with E-state index in [0.29, 0.717) is 0 Å². The van der Waals surface area contributed by atoms with Crippen molar-refractivity contribution in [3.63, 3.8) is 0 Å². The van der Waals surface area contributed by atoms with E-state index in [1.807, 2.05) is 32.9 Å². The summed E-state index contributed by atoms with van der Waals surface area (Å²) in [7, 11) is 1.61. The van der Waals surface area contributed by atoms with Crippen molar-refractivity contribution in [1.29, 1.82) is 0 Å². The number of amides is 1. The van der Waals surface area contributed by atoms with Crippen LogP contribution in [0.3, 0.4) is 0 Å². The lowest BCUT2D eigenvalue weighted by Gasteiger charge is -2.23. The van der Waals surface area contributed by atoms with Gasteiger partial charge in [0.15, 0.2) is 0 Å². The maximum absolute atomic E-state index is 12.0. The van der Waals surface area contributed by atoms with Gasteiger partial charge in [-0.05, 0) is 50.5 Å². The molecule has 18 heavy (non-hydrogen) atoms. The average Bonchev–Trinajstić information content (AvgIpc) is 2.33. The second-order valence-electron chi connectivity index (χ2n) is 4.61. The number of carbonyl (C=O) groups is 2. The summed E-state index contributed by atoms with van der Waals surface area (Å²) < 4.78 is 0. The highest BCUT2D eigenvalue weighted by Crippen LogP contribution is 2.25. The van der Waals surface area contributed by atoms with Crippen LogP contribution in [0.2, 0.25) is 0 Å². The Kier molecular flexibility index (Phi) is 4.11. The number of benzene rings is 1. The number of carboxylic acid groups (broad SMARTS) is 1. The van der Waals surface area contributed by atoms with Crippen LogP contribution in [-0.4, -0.2) is 24.0 Å². The fourth-order valence-corrected chi connectivity index (χ4v) is 1.82. The van der Waals surface area contributed by atoms with E-state index in [2.05, 4.69) is 0 Å². The van der Waals surface area contributed by atoms with Crippen LogP contribution < -0.4 is 4.90 Å². The Hall–Kier alpha value is -1.84. The van der Waals surface area contributed by atoms with Crippen LogP contribution in [0.1, 0.15) is 23.6 Å². The van der Waals surface area contributed by atoms with Crippen molar-refractivity contribution in [2.24, 2.45) is 5.92 Å². The van der Waals surface area contributed by atoms with Gasteiger partial charge in [0.2, 0.25) is 5.91 Å². The van der Waals surface area contributed by atoms with E-state index in [1.54, 1.807) is 7.05 Å². The highest BCUT2D eigenvalue weighted by Gasteiger charge is 2.25. The zero-order valence-corrected chi connectivity index (χ0v) is 11.4. The molecule has 0 aromatic heterocycles. The van der Waals surface area contributed by atoms with E-state index in [-0.39, 0.29) is 0 Å². The van der Waals surface area contributed by atoms with Gasteiger partial charge in [0.05, 0.1) is 0 Å². The van der Waals surface area contributed by atoms with Crippen molar-refractivity contribution < 1.29 is 14.7 Å². The number of rotatable bonds is 3. The van der Waals surface area contributed by atoms with E-state index in [4.69, 9.17) is 5.11 Å². The molecule has 0 aliphatic carbocycles. The quantitative estimate of drug-likeness (QED) is 0.836. The number of hydrogen-bond donors (Lipinski definition) is 1. The molecule has 1 atom stereocenters. The van der Waals surface area contributed by atoms with Crippen molar-refractivity contribution >= 4 is 17.6 Å². The molecular formula is C14H19NO3. The Morgan fingerprint density at radius 3 is 2.22 bits per heavy atom. The lowest BCUT2D eigenvalue weighted by atomic mass is 10.0. The molecule has 0 aliphatic heterocycles. The summed E-state index contributed by atoms with van der Waals surface area (Å²) in [6.07, 6.45) is 0. The second kappa shape index (κ2) is 5.21. The summed E-state index contributed by atoms with van der Waals surface area (Å²) in [5, 5.41) is 8.87. The maximum Gasteiger partial charge on any atom is 0.315 e. The molecule has 98 valence electrons. The summed E-state index contributed by atoms with van der Waals surface area (Å²) in [5.41, 5.74) is 4.04. The second-order valence-corrected chi connectivity index (χ2v) is 4.61. The van der Waals surface area contributed by atoms with Crippen LogP contribution in [0.25, 0.3) is 0 Å². The van der Waals surface area contributed by atoms with Gasteiger partial charge in [-0.2, -0.15) is 0 Å². The van der Waals surface area contributed by atoms with Gasteiger partial charge >= 0.3 is 5.97 Å². The van der Waals surface area contributed by atoms with Gasteiger partial charge in [-0.25, -0.2) is 0 Å². The molecule has 0 spiro atoms. The number of nitrogens with zero attached hydrogens (tertiary/aromatic N) is 1. The Labute approximate surface area is 107 Å². The maximum atomic E-state index is 12.0. The normalized spacial score (nSPS) is 12.1. The fourth-order valence-electron chi connectivity index (χ4n) is 1.82. The molecule has 0 heterocycles. The van der Waals surface area contributed by atoms with Crippen LogP contribution in [-0.2, 0) is 9.59 Å². The molecule has 1 N–H and O–H groups in total. The van der Waals surface area contributed by atoms with Crippen LogP contribution in [0, 0.1) is 26.7 Å². The zero-order valence-electron chi connectivity index (χ0n) is 11.4. The van der Waals surface area contributed by atoms with Crippen LogP contribution >= 0.6 is 0 Å². The Bertz CT molecular complexity index is 494. The lowest BCUT2D eigenvalue weighted by molar-refractivity contribution is -0.145. The predicted molar refractivity (Wildman–Crippen MR) is 70.9 cm³/mol. The molecule has 0 aliphatic rings. The first kappa shape index (κ1) is 14.2. The molecule has 1 rings (SSSR count). The zero-order chi connectivity index (χ0) is 14.0. The number of aliphatic carboxylic acids is 1. The minimum Gasteiger partial charge on any atom is -0.481 e. The monoisotopic (exact) mass is 249 g/mol. The van der Waals surface area contributed by atoms with Crippen molar-refractivity contribution in [3.05, 3.63) is 28.8 Å². The molecule has 4 heteroatoms. The SMILES string of the molecule is Cc1ccc(N(C)C(=O)C(C)C(=O)O)c(C)c1C. The van der Waals surface area contributed by atoms with Crippen LogP contribution in [0.5, 0.6) is 0 Å². The average molecular weight is 249 g/mol. The summed E-state index contributed by atoms with van der Waals surface area (Å²) in [4.78, 5) is 24.2. The molecule has 1 aromatic rings. The van der Waals surface area contributed by atoms with Crippen molar-refractivity contribution in [3.8, 4) is 0 Å². The smallest absolute Gasteiger partial charge is 0.315 e. The first-order valence-electron chi connectivity index (χ1n) is 5.84. The van der Waals surface area contributed by atoms with Gasteiger partial charge in [0, 0.05) is 12.7 Å². The number of hydrogen-bond acceptors (Lipinski definition) is 2. The molecular weight excluding hydrogens is 230 g/mol. The third-order valence-electron chi connectivity index (χ3n) is 3.46. The number of aryl methyl sites for hydroxylation is 1. The first-order valence-corrected chi connectivity index (χ1v) is 5.84. The minimum absolute atomic E-state index is 0.408. The van der Waals surface area contributed by atoms with E-state index in [0.717, 1.165) is 22.4 Å². The largest absolute Gasteiger partial charge is 0.481 e. The van der Waals surface area contributed by atoms with E-state index in [9.17, 15) is 9.59 Å². The van der Waals surface area contributed by atoms with E-state index >= 15 is 0 Å². The molecule has 1 amide bonds. The summed E-state index contributed by atoms with van der Waals surface area (Å²) >= 11 is 0. The van der Waals surface area contributed by atoms with Gasteiger partial charge in [0.25, 0.3) is 0 Å². The van der Waals surface area contributed by atoms with Crippen molar-refractivity contribution in [1.82, 2.24) is 0 Å². The van der Waals surface area contributed by atoms with Crippen LogP contribution in [0.4, 0.5) is 5.69 Å². The fraction of sp³-hybridized carbons (Fsp3) is 0.429. The van der Waals surface area contributed by atoms with Gasteiger partial charge < -0.3 is 10.0 Å². The predicted octanol–water partition coefficient (Wildman–Crippen LogP) is 2.30. The third-order valence-corrected chi connectivity index (χ3v) is 3.46. The summed E-state index contributed by atoms with van der Waals surface area (Å²) in [5.74, 6) is -2.54. The first-order chi connectivity index (χ1) is 8.27. The topological polar surface area (TPSA) is 57.6 Å². The lowest BCUT2D eigenvalue weighted by Crippen LogP contribution is -2.35.